The fourth-order valence-corrected chi connectivity index (χ4v) is 1.96. The van der Waals surface area contributed by atoms with Gasteiger partial charge in [0.1, 0.15) is 0 Å². The van der Waals surface area contributed by atoms with Crippen molar-refractivity contribution < 1.29 is 22.8 Å². The summed E-state index contributed by atoms with van der Waals surface area (Å²) in [5.74, 6) is -1.29. The van der Waals surface area contributed by atoms with Crippen molar-refractivity contribution in [1.29, 1.82) is 0 Å². The first-order chi connectivity index (χ1) is 11.3. The molecule has 0 radical (unpaired) electrons. The smallest absolute Gasteiger partial charge is 0.343 e. The van der Waals surface area contributed by atoms with Gasteiger partial charge >= 0.3 is 6.18 Å². The number of amides is 2. The normalized spacial score (nSPS) is 11.0. The minimum Gasteiger partial charge on any atom is -0.343 e. The monoisotopic (exact) mass is 356 g/mol. The summed E-state index contributed by atoms with van der Waals surface area (Å²) in [6.45, 7) is -0.377. The third kappa shape index (κ3) is 4.99. The van der Waals surface area contributed by atoms with Crippen molar-refractivity contribution in [2.75, 3.05) is 11.9 Å². The fourth-order valence-electron chi connectivity index (χ4n) is 1.84. The number of hydrogen-bond acceptors (Lipinski definition) is 2. The summed E-state index contributed by atoms with van der Waals surface area (Å²) in [6, 6.07) is 10.3. The van der Waals surface area contributed by atoms with Crippen molar-refractivity contribution in [2.24, 2.45) is 0 Å². The second-order valence-corrected chi connectivity index (χ2v) is 5.25. The molecule has 2 amide bonds. The maximum Gasteiger partial charge on any atom is 0.416 e. The van der Waals surface area contributed by atoms with Crippen LogP contribution in [0.5, 0.6) is 0 Å². The molecular weight excluding hydrogens is 345 g/mol. The quantitative estimate of drug-likeness (QED) is 0.877. The van der Waals surface area contributed by atoms with Crippen molar-refractivity contribution >= 4 is 29.1 Å². The van der Waals surface area contributed by atoms with Crippen LogP contribution in [-0.4, -0.2) is 18.4 Å². The molecule has 0 spiro atoms. The van der Waals surface area contributed by atoms with Gasteiger partial charge in [0.2, 0.25) is 5.91 Å². The van der Waals surface area contributed by atoms with E-state index < -0.39 is 23.6 Å². The largest absolute Gasteiger partial charge is 0.416 e. The van der Waals surface area contributed by atoms with Gasteiger partial charge in [-0.1, -0.05) is 17.7 Å². The summed E-state index contributed by atoms with van der Waals surface area (Å²) >= 11 is 5.71. The Balaban J connectivity index is 1.93. The molecule has 4 nitrogen and oxygen atoms in total. The number of carbonyl (C=O) groups is 2. The molecule has 0 aliphatic rings. The van der Waals surface area contributed by atoms with Crippen molar-refractivity contribution in [1.82, 2.24) is 5.32 Å². The number of hydrogen-bond donors (Lipinski definition) is 2. The van der Waals surface area contributed by atoms with Gasteiger partial charge in [-0.3, -0.25) is 9.59 Å². The lowest BCUT2D eigenvalue weighted by Gasteiger charge is -2.09. The van der Waals surface area contributed by atoms with Gasteiger partial charge in [0, 0.05) is 16.3 Å². The Morgan fingerprint density at radius 1 is 1.04 bits per heavy atom. The van der Waals surface area contributed by atoms with Gasteiger partial charge in [-0.05, 0) is 42.5 Å². The molecule has 126 valence electrons. The van der Waals surface area contributed by atoms with Crippen LogP contribution in [0.25, 0.3) is 0 Å². The fraction of sp³-hybridized carbons (Fsp3) is 0.125. The van der Waals surface area contributed by atoms with E-state index in [1.807, 2.05) is 0 Å². The molecule has 2 aromatic rings. The SMILES string of the molecule is O=C(CNC(=O)c1cccc(C(F)(F)F)c1)Nc1ccc(Cl)cc1. The number of benzene rings is 2. The first-order valence-corrected chi connectivity index (χ1v) is 7.14. The van der Waals surface area contributed by atoms with E-state index in [4.69, 9.17) is 11.6 Å². The van der Waals surface area contributed by atoms with Crippen LogP contribution >= 0.6 is 11.6 Å². The zero-order valence-corrected chi connectivity index (χ0v) is 12.9. The average Bonchev–Trinajstić information content (AvgIpc) is 2.54. The van der Waals surface area contributed by atoms with Gasteiger partial charge in [0.05, 0.1) is 12.1 Å². The van der Waals surface area contributed by atoms with Crippen LogP contribution in [0.1, 0.15) is 15.9 Å². The van der Waals surface area contributed by atoms with Crippen LogP contribution in [0, 0.1) is 0 Å². The Hall–Kier alpha value is -2.54. The second-order valence-electron chi connectivity index (χ2n) is 4.82. The van der Waals surface area contributed by atoms with Crippen molar-refractivity contribution in [3.05, 3.63) is 64.7 Å². The zero-order chi connectivity index (χ0) is 17.7. The first-order valence-electron chi connectivity index (χ1n) is 6.76. The highest BCUT2D eigenvalue weighted by molar-refractivity contribution is 6.30. The Labute approximate surface area is 140 Å². The molecule has 0 heterocycles. The van der Waals surface area contributed by atoms with E-state index in [1.54, 1.807) is 24.3 Å². The van der Waals surface area contributed by atoms with Gasteiger partial charge in [-0.2, -0.15) is 13.2 Å². The average molecular weight is 357 g/mol. The maximum absolute atomic E-state index is 12.6. The Morgan fingerprint density at radius 2 is 1.71 bits per heavy atom. The number of halogens is 4. The topological polar surface area (TPSA) is 58.2 Å². The molecule has 0 atom stereocenters. The van der Waals surface area contributed by atoms with E-state index in [9.17, 15) is 22.8 Å². The molecule has 0 unspecified atom stereocenters. The predicted octanol–water partition coefficient (Wildman–Crippen LogP) is 3.73. The molecule has 8 heteroatoms. The Morgan fingerprint density at radius 3 is 2.33 bits per heavy atom. The van der Waals surface area contributed by atoms with Crippen LogP contribution < -0.4 is 10.6 Å². The molecule has 0 aromatic heterocycles. The number of carbonyl (C=O) groups excluding carboxylic acids is 2. The number of anilines is 1. The molecule has 0 saturated carbocycles. The van der Waals surface area contributed by atoms with Crippen molar-refractivity contribution in [3.63, 3.8) is 0 Å². The summed E-state index contributed by atoms with van der Waals surface area (Å²) in [4.78, 5) is 23.6. The van der Waals surface area contributed by atoms with E-state index in [0.717, 1.165) is 18.2 Å². The third-order valence-corrected chi connectivity index (χ3v) is 3.24. The highest BCUT2D eigenvalue weighted by Gasteiger charge is 2.30. The Bertz CT molecular complexity index is 746. The lowest BCUT2D eigenvalue weighted by Crippen LogP contribution is -2.33. The second kappa shape index (κ2) is 7.35. The summed E-state index contributed by atoms with van der Waals surface area (Å²) < 4.78 is 37.8. The zero-order valence-electron chi connectivity index (χ0n) is 12.2. The number of nitrogens with one attached hydrogen (secondary N) is 2. The highest BCUT2D eigenvalue weighted by atomic mass is 35.5. The lowest BCUT2D eigenvalue weighted by atomic mass is 10.1. The summed E-state index contributed by atoms with van der Waals surface area (Å²) in [5.41, 5.74) is -0.623. The van der Waals surface area contributed by atoms with E-state index in [0.29, 0.717) is 10.7 Å². The third-order valence-electron chi connectivity index (χ3n) is 2.99. The summed E-state index contributed by atoms with van der Waals surface area (Å²) in [7, 11) is 0. The molecule has 0 aliphatic carbocycles. The Kier molecular flexibility index (Phi) is 5.46. The van der Waals surface area contributed by atoms with Crippen LogP contribution in [0.2, 0.25) is 5.02 Å². The lowest BCUT2D eigenvalue weighted by molar-refractivity contribution is -0.137. The standard InChI is InChI=1S/C16H12ClF3N2O2/c17-12-4-6-13(7-5-12)22-14(23)9-21-15(24)10-2-1-3-11(8-10)16(18,19)20/h1-8H,9H2,(H,21,24)(H,22,23). The van der Waals surface area contributed by atoms with Crippen LogP contribution in [0.3, 0.4) is 0 Å². The summed E-state index contributed by atoms with van der Waals surface area (Å²) in [5, 5.41) is 5.29. The van der Waals surface area contributed by atoms with E-state index in [1.165, 1.54) is 6.07 Å². The molecule has 0 bridgehead atoms. The maximum atomic E-state index is 12.6. The molecular formula is C16H12ClF3N2O2. The van der Waals surface area contributed by atoms with Crippen molar-refractivity contribution in [2.45, 2.75) is 6.18 Å². The van der Waals surface area contributed by atoms with E-state index >= 15 is 0 Å². The molecule has 24 heavy (non-hydrogen) atoms. The van der Waals surface area contributed by atoms with Gasteiger partial charge in [-0.15, -0.1) is 0 Å². The predicted molar refractivity (Wildman–Crippen MR) is 83.9 cm³/mol. The number of rotatable bonds is 4. The van der Waals surface area contributed by atoms with Gasteiger partial charge in [0.25, 0.3) is 5.91 Å². The molecule has 2 rings (SSSR count). The summed E-state index contributed by atoms with van der Waals surface area (Å²) in [6.07, 6.45) is -4.54. The van der Waals surface area contributed by atoms with Crippen LogP contribution in [0.4, 0.5) is 18.9 Å². The molecule has 0 saturated heterocycles. The minimum atomic E-state index is -4.54. The number of alkyl halides is 3. The molecule has 0 fully saturated rings. The minimum absolute atomic E-state index is 0.177. The van der Waals surface area contributed by atoms with Crippen LogP contribution in [-0.2, 0) is 11.0 Å². The van der Waals surface area contributed by atoms with Crippen molar-refractivity contribution in [3.8, 4) is 0 Å². The van der Waals surface area contributed by atoms with E-state index in [-0.39, 0.29) is 12.1 Å². The first kappa shape index (κ1) is 17.8. The van der Waals surface area contributed by atoms with Gasteiger partial charge < -0.3 is 10.6 Å². The van der Waals surface area contributed by atoms with Gasteiger partial charge in [0.15, 0.2) is 0 Å². The molecule has 2 aromatic carbocycles. The van der Waals surface area contributed by atoms with E-state index in [2.05, 4.69) is 10.6 Å². The highest BCUT2D eigenvalue weighted by Crippen LogP contribution is 2.29. The molecule has 0 aliphatic heterocycles. The van der Waals surface area contributed by atoms with Gasteiger partial charge in [-0.25, -0.2) is 0 Å². The molecule has 2 N–H and O–H groups in total. The van der Waals surface area contributed by atoms with Crippen LogP contribution in [0.15, 0.2) is 48.5 Å².